The third-order valence-electron chi connectivity index (χ3n) is 6.35. The molecule has 1 fully saturated rings. The van der Waals surface area contributed by atoms with Crippen molar-refractivity contribution in [2.24, 2.45) is 0 Å². The molecule has 1 aromatic carbocycles. The fourth-order valence-electron chi connectivity index (χ4n) is 4.17. The molecule has 3 heterocycles. The fourth-order valence-corrected chi connectivity index (χ4v) is 4.17. The minimum atomic E-state index is -0.256. The van der Waals surface area contributed by atoms with Gasteiger partial charge in [0.15, 0.2) is 5.82 Å². The maximum absolute atomic E-state index is 12.8. The second-order valence-electron chi connectivity index (χ2n) is 8.57. The van der Waals surface area contributed by atoms with E-state index in [0.717, 1.165) is 24.1 Å². The molecule has 4 rings (SSSR count). The van der Waals surface area contributed by atoms with Gasteiger partial charge in [0.05, 0.1) is 0 Å². The van der Waals surface area contributed by atoms with Crippen LogP contribution in [0.1, 0.15) is 45.4 Å². The number of anilines is 1. The highest BCUT2D eigenvalue weighted by Crippen LogP contribution is 2.34. The molecule has 8 nitrogen and oxygen atoms in total. The zero-order valence-electron chi connectivity index (χ0n) is 19.1. The molecule has 0 radical (unpaired) electrons. The Morgan fingerprint density at radius 2 is 1.76 bits per heavy atom. The van der Waals surface area contributed by atoms with Crippen LogP contribution in [-0.4, -0.2) is 51.5 Å². The molecular weight excluding hydrogens is 418 g/mol. The SMILES string of the molecule is CCN(C(=O)CCC(=O)N1CCC(C)(c2noc(-c3ccncc3)n2)CC1)c1ccccc1. The highest BCUT2D eigenvalue weighted by molar-refractivity contribution is 5.95. The highest BCUT2D eigenvalue weighted by atomic mass is 16.5. The van der Waals surface area contributed by atoms with E-state index in [-0.39, 0.29) is 30.1 Å². The number of piperidine rings is 1. The first-order valence-corrected chi connectivity index (χ1v) is 11.4. The second kappa shape index (κ2) is 9.94. The Kier molecular flexibility index (Phi) is 6.82. The lowest BCUT2D eigenvalue weighted by Crippen LogP contribution is -2.44. The number of benzene rings is 1. The van der Waals surface area contributed by atoms with Crippen molar-refractivity contribution in [3.8, 4) is 11.5 Å². The molecule has 2 amide bonds. The molecule has 0 unspecified atom stereocenters. The Morgan fingerprint density at radius 3 is 2.42 bits per heavy atom. The fraction of sp³-hybridized carbons (Fsp3) is 0.400. The third kappa shape index (κ3) is 5.10. The van der Waals surface area contributed by atoms with Crippen LogP contribution in [0.15, 0.2) is 59.4 Å². The molecule has 0 aliphatic carbocycles. The van der Waals surface area contributed by atoms with Gasteiger partial charge in [-0.15, -0.1) is 0 Å². The molecule has 8 heteroatoms. The Labute approximate surface area is 193 Å². The molecule has 1 aliphatic rings. The van der Waals surface area contributed by atoms with E-state index in [9.17, 15) is 9.59 Å². The molecule has 0 bridgehead atoms. The number of likely N-dealkylation sites (tertiary alicyclic amines) is 1. The van der Waals surface area contributed by atoms with Crippen LogP contribution in [0.2, 0.25) is 0 Å². The molecule has 3 aromatic rings. The third-order valence-corrected chi connectivity index (χ3v) is 6.35. The quantitative estimate of drug-likeness (QED) is 0.546. The lowest BCUT2D eigenvalue weighted by Gasteiger charge is -2.37. The van der Waals surface area contributed by atoms with Gasteiger partial charge in [-0.05, 0) is 44.0 Å². The van der Waals surface area contributed by atoms with Crippen molar-refractivity contribution < 1.29 is 14.1 Å². The number of carbonyl (C=O) groups excluding carboxylic acids is 2. The monoisotopic (exact) mass is 447 g/mol. The van der Waals surface area contributed by atoms with E-state index in [2.05, 4.69) is 22.0 Å². The molecule has 0 atom stereocenters. The summed E-state index contributed by atoms with van der Waals surface area (Å²) in [6.07, 6.45) is 5.29. The zero-order valence-corrected chi connectivity index (χ0v) is 19.1. The van der Waals surface area contributed by atoms with E-state index in [1.807, 2.05) is 54.3 Å². The van der Waals surface area contributed by atoms with Crippen molar-refractivity contribution in [2.75, 3.05) is 24.5 Å². The summed E-state index contributed by atoms with van der Waals surface area (Å²) in [5.74, 6) is 1.12. The summed E-state index contributed by atoms with van der Waals surface area (Å²) in [5, 5.41) is 4.21. The summed E-state index contributed by atoms with van der Waals surface area (Å²) in [6.45, 7) is 5.84. The van der Waals surface area contributed by atoms with Gasteiger partial charge in [0.1, 0.15) is 0 Å². The average molecular weight is 448 g/mol. The van der Waals surface area contributed by atoms with E-state index in [0.29, 0.717) is 31.3 Å². The number of para-hydroxylation sites is 1. The van der Waals surface area contributed by atoms with Crippen LogP contribution in [0, 0.1) is 0 Å². The standard InChI is InChI=1S/C25H29N5O3/c1-3-30(20-7-5-4-6-8-20)22(32)10-9-21(31)29-17-13-25(2,14-18-29)24-27-23(33-28-24)19-11-15-26-16-12-19/h4-8,11-12,15-16H,3,9-10,13-14,17-18H2,1-2H3. The predicted octanol–water partition coefficient (Wildman–Crippen LogP) is 3.85. The molecule has 172 valence electrons. The van der Waals surface area contributed by atoms with Gasteiger partial charge in [-0.2, -0.15) is 4.98 Å². The second-order valence-corrected chi connectivity index (χ2v) is 8.57. The van der Waals surface area contributed by atoms with Gasteiger partial charge in [0.2, 0.25) is 11.8 Å². The van der Waals surface area contributed by atoms with E-state index in [1.54, 1.807) is 17.3 Å². The topological polar surface area (TPSA) is 92.4 Å². The summed E-state index contributed by atoms with van der Waals surface area (Å²) in [4.78, 5) is 37.7. The van der Waals surface area contributed by atoms with Crippen LogP contribution in [0.4, 0.5) is 5.69 Å². The molecule has 1 aliphatic heterocycles. The number of hydrogen-bond donors (Lipinski definition) is 0. The Hall–Kier alpha value is -3.55. The summed E-state index contributed by atoms with van der Waals surface area (Å²) >= 11 is 0. The first kappa shape index (κ1) is 22.6. The normalized spacial score (nSPS) is 15.3. The van der Waals surface area contributed by atoms with E-state index >= 15 is 0 Å². The molecular formula is C25H29N5O3. The first-order chi connectivity index (χ1) is 16.0. The van der Waals surface area contributed by atoms with Crippen molar-refractivity contribution in [1.29, 1.82) is 0 Å². The zero-order chi connectivity index (χ0) is 23.3. The van der Waals surface area contributed by atoms with Crippen molar-refractivity contribution in [2.45, 2.75) is 44.9 Å². The number of amides is 2. The minimum Gasteiger partial charge on any atom is -0.343 e. The Balaban J connectivity index is 1.31. The number of hydrogen-bond acceptors (Lipinski definition) is 6. The minimum absolute atomic E-state index is 0.0140. The van der Waals surface area contributed by atoms with Gasteiger partial charge in [0.25, 0.3) is 5.89 Å². The Bertz CT molecular complexity index is 1080. The van der Waals surface area contributed by atoms with E-state index in [4.69, 9.17) is 4.52 Å². The average Bonchev–Trinajstić information content (AvgIpc) is 3.36. The van der Waals surface area contributed by atoms with Crippen LogP contribution < -0.4 is 4.90 Å². The number of nitrogens with zero attached hydrogens (tertiary/aromatic N) is 5. The molecule has 2 aromatic heterocycles. The summed E-state index contributed by atoms with van der Waals surface area (Å²) in [7, 11) is 0. The lowest BCUT2D eigenvalue weighted by molar-refractivity contribution is -0.134. The van der Waals surface area contributed by atoms with Crippen LogP contribution in [0.3, 0.4) is 0 Å². The highest BCUT2D eigenvalue weighted by Gasteiger charge is 2.37. The van der Waals surface area contributed by atoms with Crippen LogP contribution in [0.25, 0.3) is 11.5 Å². The molecule has 0 saturated carbocycles. The van der Waals surface area contributed by atoms with Crippen molar-refractivity contribution >= 4 is 17.5 Å². The number of rotatable bonds is 7. The van der Waals surface area contributed by atoms with Crippen molar-refractivity contribution in [3.63, 3.8) is 0 Å². The molecule has 33 heavy (non-hydrogen) atoms. The summed E-state index contributed by atoms with van der Waals surface area (Å²) in [5.41, 5.74) is 1.44. The lowest BCUT2D eigenvalue weighted by atomic mass is 9.79. The van der Waals surface area contributed by atoms with Crippen molar-refractivity contribution in [3.05, 3.63) is 60.7 Å². The smallest absolute Gasteiger partial charge is 0.258 e. The number of aromatic nitrogens is 3. The maximum atomic E-state index is 12.8. The summed E-state index contributed by atoms with van der Waals surface area (Å²) in [6, 6.07) is 13.2. The van der Waals surface area contributed by atoms with Gasteiger partial charge >= 0.3 is 0 Å². The van der Waals surface area contributed by atoms with Gasteiger partial charge in [-0.1, -0.05) is 30.3 Å². The van der Waals surface area contributed by atoms with E-state index < -0.39 is 0 Å². The Morgan fingerprint density at radius 1 is 1.06 bits per heavy atom. The number of pyridine rings is 1. The largest absolute Gasteiger partial charge is 0.343 e. The van der Waals surface area contributed by atoms with Gasteiger partial charge in [0, 0.05) is 61.5 Å². The molecule has 0 N–H and O–H groups in total. The van der Waals surface area contributed by atoms with Crippen LogP contribution in [0.5, 0.6) is 0 Å². The van der Waals surface area contributed by atoms with Crippen LogP contribution >= 0.6 is 0 Å². The van der Waals surface area contributed by atoms with Crippen LogP contribution in [-0.2, 0) is 15.0 Å². The molecule has 1 saturated heterocycles. The molecule has 0 spiro atoms. The van der Waals surface area contributed by atoms with Crippen molar-refractivity contribution in [1.82, 2.24) is 20.0 Å². The maximum Gasteiger partial charge on any atom is 0.258 e. The van der Waals surface area contributed by atoms with Gasteiger partial charge < -0.3 is 14.3 Å². The number of carbonyl (C=O) groups is 2. The van der Waals surface area contributed by atoms with Gasteiger partial charge in [-0.3, -0.25) is 14.6 Å². The van der Waals surface area contributed by atoms with E-state index in [1.165, 1.54) is 0 Å². The first-order valence-electron chi connectivity index (χ1n) is 11.4. The van der Waals surface area contributed by atoms with Gasteiger partial charge in [-0.25, -0.2) is 0 Å². The summed E-state index contributed by atoms with van der Waals surface area (Å²) < 4.78 is 5.47. The predicted molar refractivity (Wildman–Crippen MR) is 124 cm³/mol.